The molecule has 0 spiro atoms. The highest BCUT2D eigenvalue weighted by molar-refractivity contribution is 7.91. The van der Waals surface area contributed by atoms with E-state index in [4.69, 9.17) is 0 Å². The summed E-state index contributed by atoms with van der Waals surface area (Å²) in [4.78, 5) is 12.1. The van der Waals surface area contributed by atoms with Gasteiger partial charge in [0.2, 0.25) is 0 Å². The van der Waals surface area contributed by atoms with Crippen LogP contribution in [0.15, 0.2) is 18.2 Å². The lowest BCUT2D eigenvalue weighted by molar-refractivity contribution is -0.138. The number of carbonyl (C=O) groups is 1. The highest BCUT2D eigenvalue weighted by Gasteiger charge is 2.42. The lowest BCUT2D eigenvalue weighted by Gasteiger charge is -2.25. The Bertz CT molecular complexity index is 714. The molecule has 1 fully saturated rings. The summed E-state index contributed by atoms with van der Waals surface area (Å²) in [6, 6.07) is 2.21. The predicted molar refractivity (Wildman–Crippen MR) is 70.5 cm³/mol. The molecule has 1 heterocycles. The summed E-state index contributed by atoms with van der Waals surface area (Å²) in [5.41, 5.74) is -3.73. The van der Waals surface area contributed by atoms with Crippen molar-refractivity contribution in [3.8, 4) is 0 Å². The number of hydrogen-bond donors (Lipinski definition) is 1. The van der Waals surface area contributed by atoms with Gasteiger partial charge in [0.05, 0.1) is 28.2 Å². The second kappa shape index (κ2) is 5.22. The molecular formula is C13H13F4NO3S. The van der Waals surface area contributed by atoms with Gasteiger partial charge in [0, 0.05) is 0 Å². The van der Waals surface area contributed by atoms with Gasteiger partial charge in [0.25, 0.3) is 5.91 Å². The molecule has 0 aliphatic carbocycles. The third kappa shape index (κ3) is 3.40. The number of carbonyl (C=O) groups excluding carboxylic acids is 1. The molecule has 0 aromatic heterocycles. The first kappa shape index (κ1) is 16.7. The molecule has 0 saturated carbocycles. The SMILES string of the molecule is C[C@@]1(NC(=O)c2c(F)cccc2C(F)(F)F)CCS(=O)(=O)C1. The highest BCUT2D eigenvalue weighted by Crippen LogP contribution is 2.33. The highest BCUT2D eigenvalue weighted by atomic mass is 32.2. The molecule has 4 nitrogen and oxygen atoms in total. The zero-order chi connectivity index (χ0) is 16.8. The second-order valence-corrected chi connectivity index (χ2v) is 7.70. The molecular weight excluding hydrogens is 326 g/mol. The Kier molecular flexibility index (Phi) is 3.97. The average Bonchev–Trinajstić information content (AvgIpc) is 2.61. The summed E-state index contributed by atoms with van der Waals surface area (Å²) in [7, 11) is -3.36. The molecule has 0 radical (unpaired) electrons. The van der Waals surface area contributed by atoms with Crippen LogP contribution >= 0.6 is 0 Å². The van der Waals surface area contributed by atoms with E-state index < -0.39 is 44.4 Å². The minimum Gasteiger partial charge on any atom is -0.346 e. The Morgan fingerprint density at radius 3 is 2.45 bits per heavy atom. The van der Waals surface area contributed by atoms with Crippen molar-refractivity contribution in [3.63, 3.8) is 0 Å². The number of nitrogens with one attached hydrogen (secondary N) is 1. The minimum absolute atomic E-state index is 0.0663. The zero-order valence-corrected chi connectivity index (χ0v) is 12.3. The van der Waals surface area contributed by atoms with Crippen LogP contribution in [0.5, 0.6) is 0 Å². The van der Waals surface area contributed by atoms with Gasteiger partial charge in [-0.1, -0.05) is 6.07 Å². The van der Waals surface area contributed by atoms with Crippen molar-refractivity contribution in [2.75, 3.05) is 11.5 Å². The van der Waals surface area contributed by atoms with Crippen LogP contribution in [0.1, 0.15) is 29.3 Å². The summed E-state index contributed by atoms with van der Waals surface area (Å²) in [6.45, 7) is 1.41. The molecule has 1 atom stereocenters. The van der Waals surface area contributed by atoms with Gasteiger partial charge in [0.1, 0.15) is 5.82 Å². The lowest BCUT2D eigenvalue weighted by Crippen LogP contribution is -2.47. The molecule has 1 aliphatic rings. The number of amides is 1. The van der Waals surface area contributed by atoms with Crippen LogP contribution in [0.3, 0.4) is 0 Å². The van der Waals surface area contributed by atoms with Gasteiger partial charge in [-0.25, -0.2) is 12.8 Å². The van der Waals surface area contributed by atoms with Gasteiger partial charge in [0.15, 0.2) is 9.84 Å². The molecule has 1 N–H and O–H groups in total. The van der Waals surface area contributed by atoms with Crippen LogP contribution in [-0.2, 0) is 16.0 Å². The number of hydrogen-bond acceptors (Lipinski definition) is 3. The van der Waals surface area contributed by atoms with Crippen LogP contribution in [0.2, 0.25) is 0 Å². The Morgan fingerprint density at radius 1 is 1.32 bits per heavy atom. The quantitative estimate of drug-likeness (QED) is 0.840. The number of sulfone groups is 1. The van der Waals surface area contributed by atoms with Crippen molar-refractivity contribution >= 4 is 15.7 Å². The topological polar surface area (TPSA) is 63.2 Å². The first-order chi connectivity index (χ1) is 9.94. The molecule has 1 aromatic carbocycles. The van der Waals surface area contributed by atoms with E-state index in [9.17, 15) is 30.8 Å². The van der Waals surface area contributed by atoms with Crippen LogP contribution in [-0.4, -0.2) is 31.4 Å². The summed E-state index contributed by atoms with van der Waals surface area (Å²) < 4.78 is 75.2. The third-order valence-corrected chi connectivity index (χ3v) is 5.37. The standard InChI is InChI=1S/C13H13F4NO3S/c1-12(5-6-22(20,21)7-12)18-11(19)10-8(13(15,16)17)3-2-4-9(10)14/h2-4H,5-7H2,1H3,(H,18,19)/t12-/m1/s1. The minimum atomic E-state index is -4.89. The summed E-state index contributed by atoms with van der Waals surface area (Å²) >= 11 is 0. The molecule has 1 saturated heterocycles. The van der Waals surface area contributed by atoms with E-state index in [1.165, 1.54) is 6.92 Å². The molecule has 1 aliphatic heterocycles. The number of halogens is 4. The van der Waals surface area contributed by atoms with Crippen molar-refractivity contribution in [2.45, 2.75) is 25.1 Å². The van der Waals surface area contributed by atoms with Crippen molar-refractivity contribution < 1.29 is 30.8 Å². The fourth-order valence-electron chi connectivity index (χ4n) is 2.44. The molecule has 9 heteroatoms. The molecule has 2 rings (SSSR count). The average molecular weight is 339 g/mol. The van der Waals surface area contributed by atoms with Crippen molar-refractivity contribution in [1.29, 1.82) is 0 Å². The summed E-state index contributed by atoms with van der Waals surface area (Å²) in [5.74, 6) is -3.14. The Hall–Kier alpha value is -1.64. The second-order valence-electron chi connectivity index (χ2n) is 5.52. The largest absolute Gasteiger partial charge is 0.417 e. The summed E-state index contributed by atoms with van der Waals surface area (Å²) in [6.07, 6.45) is -4.83. The van der Waals surface area contributed by atoms with Gasteiger partial charge in [-0.3, -0.25) is 4.79 Å². The molecule has 1 amide bonds. The third-order valence-electron chi connectivity index (χ3n) is 3.46. The van der Waals surface area contributed by atoms with Crippen LogP contribution in [0, 0.1) is 5.82 Å². The zero-order valence-electron chi connectivity index (χ0n) is 11.5. The van der Waals surface area contributed by atoms with E-state index in [-0.39, 0.29) is 17.9 Å². The molecule has 122 valence electrons. The molecule has 0 unspecified atom stereocenters. The van der Waals surface area contributed by atoms with E-state index in [2.05, 4.69) is 5.32 Å². The van der Waals surface area contributed by atoms with Gasteiger partial charge < -0.3 is 5.32 Å². The maximum Gasteiger partial charge on any atom is 0.417 e. The summed E-state index contributed by atoms with van der Waals surface area (Å²) in [5, 5.41) is 2.22. The van der Waals surface area contributed by atoms with E-state index in [0.717, 1.165) is 12.1 Å². The van der Waals surface area contributed by atoms with E-state index in [1.807, 2.05) is 0 Å². The molecule has 22 heavy (non-hydrogen) atoms. The number of alkyl halides is 3. The van der Waals surface area contributed by atoms with Crippen molar-refractivity contribution in [3.05, 3.63) is 35.1 Å². The predicted octanol–water partition coefficient (Wildman–Crippen LogP) is 2.15. The maximum atomic E-state index is 13.7. The Balaban J connectivity index is 2.35. The van der Waals surface area contributed by atoms with Crippen LogP contribution < -0.4 is 5.32 Å². The van der Waals surface area contributed by atoms with E-state index in [1.54, 1.807) is 0 Å². The first-order valence-corrected chi connectivity index (χ1v) is 8.14. The maximum absolute atomic E-state index is 13.7. The van der Waals surface area contributed by atoms with Gasteiger partial charge in [-0.15, -0.1) is 0 Å². The van der Waals surface area contributed by atoms with Gasteiger partial charge >= 0.3 is 6.18 Å². The van der Waals surface area contributed by atoms with E-state index >= 15 is 0 Å². The normalized spacial score (nSPS) is 24.2. The van der Waals surface area contributed by atoms with E-state index in [0.29, 0.717) is 6.07 Å². The fourth-order valence-corrected chi connectivity index (χ4v) is 4.53. The van der Waals surface area contributed by atoms with Crippen LogP contribution in [0.25, 0.3) is 0 Å². The first-order valence-electron chi connectivity index (χ1n) is 6.32. The van der Waals surface area contributed by atoms with Crippen LogP contribution in [0.4, 0.5) is 17.6 Å². The smallest absolute Gasteiger partial charge is 0.346 e. The molecule has 0 bridgehead atoms. The van der Waals surface area contributed by atoms with Crippen molar-refractivity contribution in [2.24, 2.45) is 0 Å². The lowest BCUT2D eigenvalue weighted by atomic mass is 9.99. The Labute approximate surface area is 124 Å². The monoisotopic (exact) mass is 339 g/mol. The van der Waals surface area contributed by atoms with Gasteiger partial charge in [-0.05, 0) is 25.5 Å². The fraction of sp³-hybridized carbons (Fsp3) is 0.462. The number of rotatable bonds is 2. The number of benzene rings is 1. The Morgan fingerprint density at radius 2 is 1.95 bits per heavy atom. The molecule has 1 aromatic rings. The van der Waals surface area contributed by atoms with Gasteiger partial charge in [-0.2, -0.15) is 13.2 Å². The van der Waals surface area contributed by atoms with Crippen molar-refractivity contribution in [1.82, 2.24) is 5.32 Å².